The molecule has 0 aliphatic carbocycles. The first-order valence-corrected chi connectivity index (χ1v) is 5.24. The van der Waals surface area contributed by atoms with Gasteiger partial charge >= 0.3 is 0 Å². The molecule has 0 aliphatic rings. The number of rotatable bonds is 5. The minimum absolute atomic E-state index is 0.0508. The molecule has 1 aromatic carbocycles. The number of hydrogen-bond acceptors (Lipinski definition) is 3. The van der Waals surface area contributed by atoms with Crippen LogP contribution in [0.5, 0.6) is 0 Å². The molecule has 0 N–H and O–H groups in total. The molecule has 0 bridgehead atoms. The van der Waals surface area contributed by atoms with E-state index in [4.69, 9.17) is 10.00 Å². The number of carbonyl (C=O) groups is 1. The zero-order valence-electron chi connectivity index (χ0n) is 9.56. The van der Waals surface area contributed by atoms with E-state index in [1.807, 2.05) is 19.9 Å². The van der Waals surface area contributed by atoms with E-state index in [9.17, 15) is 4.79 Å². The number of ether oxygens (including phenoxy) is 1. The Morgan fingerprint density at radius 3 is 2.50 bits per heavy atom. The summed E-state index contributed by atoms with van der Waals surface area (Å²) in [4.78, 5) is 11.6. The molecule has 84 valence electrons. The summed E-state index contributed by atoms with van der Waals surface area (Å²) in [5, 5.41) is 8.61. The van der Waals surface area contributed by atoms with Crippen molar-refractivity contribution < 1.29 is 9.53 Å². The highest BCUT2D eigenvalue weighted by Gasteiger charge is 2.06. The zero-order chi connectivity index (χ0) is 12.0. The number of carbonyl (C=O) groups excluding carboxylic acids is 1. The molecular weight excluding hydrogens is 202 g/mol. The van der Waals surface area contributed by atoms with Crippen molar-refractivity contribution in [2.24, 2.45) is 5.92 Å². The van der Waals surface area contributed by atoms with Crippen molar-refractivity contribution in [2.75, 3.05) is 13.2 Å². The Hall–Kier alpha value is -1.66. The normalized spacial score (nSPS) is 10.1. The first-order valence-electron chi connectivity index (χ1n) is 5.24. The van der Waals surface area contributed by atoms with Crippen LogP contribution in [0.25, 0.3) is 0 Å². The Balaban J connectivity index is 2.50. The van der Waals surface area contributed by atoms with E-state index in [0.717, 1.165) is 0 Å². The van der Waals surface area contributed by atoms with Crippen molar-refractivity contribution in [3.05, 3.63) is 35.4 Å². The van der Waals surface area contributed by atoms with Gasteiger partial charge in [0.25, 0.3) is 0 Å². The summed E-state index contributed by atoms with van der Waals surface area (Å²) in [6.07, 6.45) is 0. The summed E-state index contributed by atoms with van der Waals surface area (Å²) >= 11 is 0. The molecule has 0 saturated carbocycles. The van der Waals surface area contributed by atoms with Crippen molar-refractivity contribution >= 4 is 5.78 Å². The number of Topliss-reactive ketones (excluding diaryl/α,β-unsaturated/α-hetero) is 1. The van der Waals surface area contributed by atoms with Gasteiger partial charge in [0.05, 0.1) is 11.6 Å². The molecule has 1 rings (SSSR count). The minimum Gasteiger partial charge on any atom is -0.373 e. The van der Waals surface area contributed by atoms with Crippen molar-refractivity contribution in [1.29, 1.82) is 5.26 Å². The fourth-order valence-electron chi connectivity index (χ4n) is 1.20. The molecule has 16 heavy (non-hydrogen) atoms. The maximum Gasteiger partial charge on any atom is 0.188 e. The van der Waals surface area contributed by atoms with Gasteiger partial charge in [0.15, 0.2) is 5.78 Å². The van der Waals surface area contributed by atoms with Crippen molar-refractivity contribution in [1.82, 2.24) is 0 Å². The standard InChI is InChI=1S/C13H15NO2/c1-10(2)8-16-9-13(15)12-5-3-11(7-14)4-6-12/h3-6,10H,8-9H2,1-2H3. The molecule has 0 aromatic heterocycles. The molecule has 0 spiro atoms. The molecule has 0 heterocycles. The first-order chi connectivity index (χ1) is 7.63. The Morgan fingerprint density at radius 2 is 2.00 bits per heavy atom. The van der Waals surface area contributed by atoms with Gasteiger partial charge in [-0.05, 0) is 18.1 Å². The van der Waals surface area contributed by atoms with Gasteiger partial charge in [-0.1, -0.05) is 26.0 Å². The lowest BCUT2D eigenvalue weighted by Crippen LogP contribution is -2.12. The lowest BCUT2D eigenvalue weighted by Gasteiger charge is -2.05. The number of nitriles is 1. The van der Waals surface area contributed by atoms with Gasteiger partial charge < -0.3 is 4.74 Å². The number of ketones is 1. The molecule has 1 aromatic rings. The van der Waals surface area contributed by atoms with Crippen molar-refractivity contribution in [2.45, 2.75) is 13.8 Å². The Labute approximate surface area is 95.7 Å². The third-order valence-electron chi connectivity index (χ3n) is 2.02. The lowest BCUT2D eigenvalue weighted by molar-refractivity contribution is 0.0705. The molecular formula is C13H15NO2. The fourth-order valence-corrected chi connectivity index (χ4v) is 1.20. The summed E-state index contributed by atoms with van der Waals surface area (Å²) in [6.45, 7) is 4.75. The van der Waals surface area contributed by atoms with Gasteiger partial charge in [0.2, 0.25) is 0 Å². The smallest absolute Gasteiger partial charge is 0.188 e. The average Bonchev–Trinajstić information content (AvgIpc) is 2.28. The minimum atomic E-state index is -0.0508. The van der Waals surface area contributed by atoms with E-state index >= 15 is 0 Å². The largest absolute Gasteiger partial charge is 0.373 e. The van der Waals surface area contributed by atoms with Gasteiger partial charge in [-0.2, -0.15) is 5.26 Å². The van der Waals surface area contributed by atoms with E-state index in [0.29, 0.717) is 23.7 Å². The lowest BCUT2D eigenvalue weighted by atomic mass is 10.1. The van der Waals surface area contributed by atoms with E-state index in [2.05, 4.69) is 0 Å². The summed E-state index contributed by atoms with van der Waals surface area (Å²) in [7, 11) is 0. The second-order valence-corrected chi connectivity index (χ2v) is 4.02. The van der Waals surface area contributed by atoms with E-state index in [-0.39, 0.29) is 12.4 Å². The van der Waals surface area contributed by atoms with Crippen LogP contribution in [-0.4, -0.2) is 19.0 Å². The summed E-state index contributed by atoms with van der Waals surface area (Å²) in [6, 6.07) is 8.58. The molecule has 0 radical (unpaired) electrons. The second-order valence-electron chi connectivity index (χ2n) is 4.02. The van der Waals surface area contributed by atoms with Crippen molar-refractivity contribution in [3.63, 3.8) is 0 Å². The van der Waals surface area contributed by atoms with Gasteiger partial charge in [0.1, 0.15) is 6.61 Å². The molecule has 0 unspecified atom stereocenters. The average molecular weight is 217 g/mol. The van der Waals surface area contributed by atoms with Crippen LogP contribution in [0.15, 0.2) is 24.3 Å². The molecule has 0 fully saturated rings. The quantitative estimate of drug-likeness (QED) is 0.712. The predicted octanol–water partition coefficient (Wildman–Crippen LogP) is 2.41. The Bertz CT molecular complexity index is 387. The highest BCUT2D eigenvalue weighted by molar-refractivity contribution is 5.97. The monoisotopic (exact) mass is 217 g/mol. The predicted molar refractivity (Wildman–Crippen MR) is 61.1 cm³/mol. The van der Waals surface area contributed by atoms with Crippen LogP contribution in [-0.2, 0) is 4.74 Å². The molecule has 0 saturated heterocycles. The molecule has 0 amide bonds. The number of nitrogens with zero attached hydrogens (tertiary/aromatic N) is 1. The maximum atomic E-state index is 11.6. The van der Waals surface area contributed by atoms with E-state index < -0.39 is 0 Å². The van der Waals surface area contributed by atoms with Crippen LogP contribution in [0.2, 0.25) is 0 Å². The number of benzene rings is 1. The molecule has 3 nitrogen and oxygen atoms in total. The molecule has 0 aliphatic heterocycles. The Kier molecular flexibility index (Phi) is 4.68. The first kappa shape index (κ1) is 12.4. The van der Waals surface area contributed by atoms with Gasteiger partial charge in [0, 0.05) is 12.2 Å². The summed E-state index contributed by atoms with van der Waals surface area (Å²) in [5.74, 6) is 0.374. The summed E-state index contributed by atoms with van der Waals surface area (Å²) in [5.41, 5.74) is 1.14. The molecule has 3 heteroatoms. The second kappa shape index (κ2) is 6.04. The van der Waals surface area contributed by atoms with Crippen LogP contribution < -0.4 is 0 Å². The highest BCUT2D eigenvalue weighted by atomic mass is 16.5. The highest BCUT2D eigenvalue weighted by Crippen LogP contribution is 2.05. The zero-order valence-corrected chi connectivity index (χ0v) is 9.56. The topological polar surface area (TPSA) is 50.1 Å². The van der Waals surface area contributed by atoms with Gasteiger partial charge in [-0.3, -0.25) is 4.79 Å². The van der Waals surface area contributed by atoms with Crippen LogP contribution in [0.1, 0.15) is 29.8 Å². The van der Waals surface area contributed by atoms with E-state index in [1.54, 1.807) is 24.3 Å². The van der Waals surface area contributed by atoms with Crippen LogP contribution in [0, 0.1) is 17.2 Å². The third-order valence-corrected chi connectivity index (χ3v) is 2.02. The summed E-state index contributed by atoms with van der Waals surface area (Å²) < 4.78 is 5.25. The Morgan fingerprint density at radius 1 is 1.38 bits per heavy atom. The third kappa shape index (κ3) is 3.84. The maximum absolute atomic E-state index is 11.6. The SMILES string of the molecule is CC(C)COCC(=O)c1ccc(C#N)cc1. The van der Waals surface area contributed by atoms with Crippen LogP contribution >= 0.6 is 0 Å². The van der Waals surface area contributed by atoms with Crippen LogP contribution in [0.3, 0.4) is 0 Å². The molecule has 0 atom stereocenters. The number of hydrogen-bond donors (Lipinski definition) is 0. The van der Waals surface area contributed by atoms with Gasteiger partial charge in [-0.15, -0.1) is 0 Å². The van der Waals surface area contributed by atoms with Crippen molar-refractivity contribution in [3.8, 4) is 6.07 Å². The fraction of sp³-hybridized carbons (Fsp3) is 0.385. The van der Waals surface area contributed by atoms with Gasteiger partial charge in [-0.25, -0.2) is 0 Å². The van der Waals surface area contributed by atoms with Crippen LogP contribution in [0.4, 0.5) is 0 Å². The van der Waals surface area contributed by atoms with E-state index in [1.165, 1.54) is 0 Å².